The predicted molar refractivity (Wildman–Crippen MR) is 89.6 cm³/mol. The first-order chi connectivity index (χ1) is 11.0. The van der Waals surface area contributed by atoms with Crippen molar-refractivity contribution in [2.75, 3.05) is 6.54 Å². The monoisotopic (exact) mass is 306 g/mol. The Balaban J connectivity index is 2.07. The lowest BCUT2D eigenvalue weighted by atomic mass is 9.93. The highest BCUT2D eigenvalue weighted by Gasteiger charge is 2.42. The van der Waals surface area contributed by atoms with Crippen molar-refractivity contribution in [2.45, 2.75) is 25.4 Å². The summed E-state index contributed by atoms with van der Waals surface area (Å²) in [5.41, 5.74) is 3.57. The van der Waals surface area contributed by atoms with Gasteiger partial charge in [0.2, 0.25) is 0 Å². The van der Waals surface area contributed by atoms with Gasteiger partial charge in [-0.25, -0.2) is 4.79 Å². The first-order valence-corrected chi connectivity index (χ1v) is 7.76. The zero-order chi connectivity index (χ0) is 16.2. The third-order valence-electron chi connectivity index (χ3n) is 4.50. The van der Waals surface area contributed by atoms with Gasteiger partial charge in [-0.1, -0.05) is 48.5 Å². The molecule has 1 atom stereocenters. The second-order valence-corrected chi connectivity index (χ2v) is 6.75. The van der Waals surface area contributed by atoms with E-state index >= 15 is 0 Å². The molecule has 2 aliphatic rings. The smallest absolute Gasteiger partial charge is 0.331 e. The van der Waals surface area contributed by atoms with E-state index in [1.807, 2.05) is 67.3 Å². The summed E-state index contributed by atoms with van der Waals surface area (Å²) in [6.07, 6.45) is 0. The van der Waals surface area contributed by atoms with E-state index in [2.05, 4.69) is 0 Å². The zero-order valence-electron chi connectivity index (χ0n) is 13.2. The molecule has 0 aliphatic carbocycles. The van der Waals surface area contributed by atoms with Crippen LogP contribution in [0.2, 0.25) is 0 Å². The molecule has 0 spiro atoms. The van der Waals surface area contributed by atoms with Crippen molar-refractivity contribution in [3.63, 3.8) is 0 Å². The fourth-order valence-electron chi connectivity index (χ4n) is 3.63. The maximum absolute atomic E-state index is 12.1. The number of rotatable bonds is 1. The van der Waals surface area contributed by atoms with Crippen molar-refractivity contribution in [2.24, 2.45) is 4.99 Å². The summed E-state index contributed by atoms with van der Waals surface area (Å²) in [6, 6.07) is 15.1. The molecule has 116 valence electrons. The number of amidine groups is 1. The SMILES string of the molecule is CC1(C)CN2C(=N1)c1ccccc1-c1ccccc1C2C(=O)O. The van der Waals surface area contributed by atoms with Crippen LogP contribution in [0.5, 0.6) is 0 Å². The lowest BCUT2D eigenvalue weighted by molar-refractivity contribution is -0.142. The lowest BCUT2D eigenvalue weighted by Gasteiger charge is -2.28. The minimum atomic E-state index is -0.837. The Morgan fingerprint density at radius 2 is 1.70 bits per heavy atom. The maximum atomic E-state index is 12.1. The average molecular weight is 306 g/mol. The van der Waals surface area contributed by atoms with Crippen molar-refractivity contribution >= 4 is 11.8 Å². The Bertz CT molecular complexity index is 839. The van der Waals surface area contributed by atoms with Crippen LogP contribution in [-0.4, -0.2) is 33.9 Å². The Labute approximate surface area is 135 Å². The van der Waals surface area contributed by atoms with Crippen molar-refractivity contribution in [3.05, 3.63) is 59.7 Å². The molecule has 4 nitrogen and oxygen atoms in total. The van der Waals surface area contributed by atoms with Crippen molar-refractivity contribution in [3.8, 4) is 11.1 Å². The van der Waals surface area contributed by atoms with Crippen LogP contribution >= 0.6 is 0 Å². The number of aliphatic carboxylic acids is 1. The van der Waals surface area contributed by atoms with E-state index in [4.69, 9.17) is 4.99 Å². The average Bonchev–Trinajstić information content (AvgIpc) is 2.77. The number of nitrogens with zero attached hydrogens (tertiary/aromatic N) is 2. The van der Waals surface area contributed by atoms with Crippen molar-refractivity contribution in [1.82, 2.24) is 4.90 Å². The van der Waals surface area contributed by atoms with Gasteiger partial charge in [-0.15, -0.1) is 0 Å². The van der Waals surface area contributed by atoms with Gasteiger partial charge in [-0.3, -0.25) is 4.99 Å². The molecule has 1 unspecified atom stereocenters. The summed E-state index contributed by atoms with van der Waals surface area (Å²) in [5.74, 6) is -0.0511. The molecule has 0 aromatic heterocycles. The minimum Gasteiger partial charge on any atom is -0.479 e. The number of carbonyl (C=O) groups is 1. The molecular weight excluding hydrogens is 288 g/mol. The van der Waals surface area contributed by atoms with Crippen molar-refractivity contribution < 1.29 is 9.90 Å². The highest BCUT2D eigenvalue weighted by Crippen LogP contribution is 2.42. The summed E-state index contributed by atoms with van der Waals surface area (Å²) in [4.78, 5) is 18.9. The number of carboxylic acids is 1. The fourth-order valence-corrected chi connectivity index (χ4v) is 3.63. The predicted octanol–water partition coefficient (Wildman–Crippen LogP) is 3.33. The van der Waals surface area contributed by atoms with Gasteiger partial charge in [0.05, 0.1) is 5.54 Å². The van der Waals surface area contributed by atoms with Crippen LogP contribution < -0.4 is 0 Å². The highest BCUT2D eigenvalue weighted by molar-refractivity contribution is 6.09. The third-order valence-corrected chi connectivity index (χ3v) is 4.50. The number of benzene rings is 2. The Morgan fingerprint density at radius 1 is 1.09 bits per heavy atom. The van der Waals surface area contributed by atoms with E-state index in [9.17, 15) is 9.90 Å². The standard InChI is InChI=1S/C19H18N2O2/c1-19(2)11-21-16(18(22)23)14-9-5-3-7-12(14)13-8-4-6-10-15(13)17(21)20-19/h3-10,16H,11H2,1-2H3,(H,22,23). The minimum absolute atomic E-state index is 0.289. The number of aliphatic imine (C=N–C) groups is 1. The van der Waals surface area contributed by atoms with Gasteiger partial charge in [0.25, 0.3) is 0 Å². The van der Waals surface area contributed by atoms with E-state index in [0.717, 1.165) is 28.1 Å². The van der Waals surface area contributed by atoms with Gasteiger partial charge in [0.15, 0.2) is 6.04 Å². The number of hydrogen-bond acceptors (Lipinski definition) is 3. The van der Waals surface area contributed by atoms with Gasteiger partial charge in [0, 0.05) is 12.1 Å². The molecule has 0 fully saturated rings. The molecule has 2 aliphatic heterocycles. The maximum Gasteiger partial charge on any atom is 0.331 e. The molecule has 0 radical (unpaired) electrons. The summed E-state index contributed by atoms with van der Waals surface area (Å²) in [7, 11) is 0. The number of fused-ring (bicyclic) bond motifs is 5. The molecule has 0 saturated heterocycles. The van der Waals surface area contributed by atoms with E-state index in [1.54, 1.807) is 0 Å². The summed E-state index contributed by atoms with van der Waals surface area (Å²) in [5, 5.41) is 9.91. The largest absolute Gasteiger partial charge is 0.479 e. The number of carboxylic acid groups (broad SMARTS) is 1. The molecule has 2 aromatic rings. The van der Waals surface area contributed by atoms with Gasteiger partial charge >= 0.3 is 5.97 Å². The van der Waals surface area contributed by atoms with E-state index in [-0.39, 0.29) is 5.54 Å². The first-order valence-electron chi connectivity index (χ1n) is 7.76. The molecule has 4 rings (SSSR count). The summed E-state index contributed by atoms with van der Waals surface area (Å²) in [6.45, 7) is 4.69. The van der Waals surface area contributed by atoms with Gasteiger partial charge in [-0.05, 0) is 30.5 Å². The fraction of sp³-hybridized carbons (Fsp3) is 0.263. The summed E-state index contributed by atoms with van der Waals surface area (Å²) < 4.78 is 0. The highest BCUT2D eigenvalue weighted by atomic mass is 16.4. The van der Waals surface area contributed by atoms with Gasteiger partial charge < -0.3 is 10.0 Å². The molecule has 1 N–H and O–H groups in total. The Morgan fingerprint density at radius 3 is 2.39 bits per heavy atom. The lowest BCUT2D eigenvalue weighted by Crippen LogP contribution is -2.39. The van der Waals surface area contributed by atoms with Crippen LogP contribution in [0.1, 0.15) is 31.0 Å². The zero-order valence-corrected chi connectivity index (χ0v) is 13.2. The summed E-state index contributed by atoms with van der Waals surface area (Å²) >= 11 is 0. The molecule has 0 bridgehead atoms. The van der Waals surface area contributed by atoms with Gasteiger partial charge in [0.1, 0.15) is 5.84 Å². The van der Waals surface area contributed by atoms with Crippen LogP contribution in [0.25, 0.3) is 11.1 Å². The molecule has 0 amide bonds. The first kappa shape index (κ1) is 14.0. The number of hydrogen-bond donors (Lipinski definition) is 1. The van der Waals surface area contributed by atoms with Crippen molar-refractivity contribution in [1.29, 1.82) is 0 Å². The van der Waals surface area contributed by atoms with E-state index < -0.39 is 12.0 Å². The second kappa shape index (κ2) is 4.69. The van der Waals surface area contributed by atoms with Crippen LogP contribution in [0.4, 0.5) is 0 Å². The molecule has 2 heterocycles. The molecule has 4 heteroatoms. The normalized spacial score (nSPS) is 20.9. The van der Waals surface area contributed by atoms with Crippen LogP contribution in [0.3, 0.4) is 0 Å². The van der Waals surface area contributed by atoms with E-state index in [0.29, 0.717) is 6.54 Å². The van der Waals surface area contributed by atoms with Crippen LogP contribution in [0.15, 0.2) is 53.5 Å². The molecular formula is C19H18N2O2. The van der Waals surface area contributed by atoms with Gasteiger partial charge in [-0.2, -0.15) is 0 Å². The topological polar surface area (TPSA) is 52.9 Å². The molecule has 0 saturated carbocycles. The molecule has 2 aromatic carbocycles. The Kier molecular flexibility index (Phi) is 2.85. The Hall–Kier alpha value is -2.62. The van der Waals surface area contributed by atoms with E-state index in [1.165, 1.54) is 0 Å². The second-order valence-electron chi connectivity index (χ2n) is 6.75. The van der Waals surface area contributed by atoms with Crippen LogP contribution in [-0.2, 0) is 4.79 Å². The van der Waals surface area contributed by atoms with Crippen LogP contribution in [0, 0.1) is 0 Å². The quantitative estimate of drug-likeness (QED) is 0.879. The molecule has 23 heavy (non-hydrogen) atoms. The third kappa shape index (κ3) is 2.05.